The van der Waals surface area contributed by atoms with Gasteiger partial charge in [0.05, 0.1) is 11.3 Å². The van der Waals surface area contributed by atoms with E-state index in [2.05, 4.69) is 0 Å². The molecule has 1 heterocycles. The molecule has 0 aromatic heterocycles. The zero-order valence-corrected chi connectivity index (χ0v) is 10.3. The molecule has 0 radical (unpaired) electrons. The van der Waals surface area contributed by atoms with Crippen molar-refractivity contribution in [2.45, 2.75) is 26.5 Å². The fraction of sp³-hybridized carbons (Fsp3) is 0.333. The standard InChI is InChI=1S/C12H12ClNO3/c1-7(2)14(12(13)16)10-5-3-4-8-9(10)6-17-11(8)15/h3-5,7H,6H2,1-2H3. The third-order valence-corrected chi connectivity index (χ3v) is 2.87. The SMILES string of the molecule is CC(C)N(C(=O)Cl)c1cccc2c1COC2=O. The van der Waals surface area contributed by atoms with Crippen molar-refractivity contribution in [3.63, 3.8) is 0 Å². The third-order valence-electron chi connectivity index (χ3n) is 2.68. The van der Waals surface area contributed by atoms with Gasteiger partial charge in [-0.25, -0.2) is 4.79 Å². The first-order valence-corrected chi connectivity index (χ1v) is 5.68. The summed E-state index contributed by atoms with van der Waals surface area (Å²) in [5, 5.41) is -0.562. The molecule has 4 nitrogen and oxygen atoms in total. The molecule has 1 aliphatic rings. The number of halogens is 1. The van der Waals surface area contributed by atoms with Gasteiger partial charge in [-0.1, -0.05) is 6.07 Å². The molecule has 17 heavy (non-hydrogen) atoms. The molecule has 5 heteroatoms. The fourth-order valence-electron chi connectivity index (χ4n) is 1.93. The number of carbonyl (C=O) groups excluding carboxylic acids is 2. The van der Waals surface area contributed by atoms with Crippen molar-refractivity contribution in [1.82, 2.24) is 0 Å². The number of fused-ring (bicyclic) bond motifs is 1. The monoisotopic (exact) mass is 253 g/mol. The Labute approximate surface area is 104 Å². The van der Waals surface area contributed by atoms with Gasteiger partial charge in [-0.15, -0.1) is 0 Å². The van der Waals surface area contributed by atoms with E-state index in [0.717, 1.165) is 5.56 Å². The maximum Gasteiger partial charge on any atom is 0.338 e. The minimum atomic E-state index is -0.562. The van der Waals surface area contributed by atoms with E-state index in [1.54, 1.807) is 18.2 Å². The first-order chi connectivity index (χ1) is 8.02. The molecule has 2 rings (SSSR count). The maximum atomic E-state index is 11.4. The number of hydrogen-bond donors (Lipinski definition) is 0. The lowest BCUT2D eigenvalue weighted by molar-refractivity contribution is 0.0535. The van der Waals surface area contributed by atoms with E-state index < -0.39 is 5.37 Å². The highest BCUT2D eigenvalue weighted by atomic mass is 35.5. The number of amides is 1. The number of benzene rings is 1. The summed E-state index contributed by atoms with van der Waals surface area (Å²) in [6.45, 7) is 3.91. The Morgan fingerprint density at radius 2 is 2.18 bits per heavy atom. The van der Waals surface area contributed by atoms with E-state index in [0.29, 0.717) is 11.3 Å². The van der Waals surface area contributed by atoms with Crippen LogP contribution in [0.3, 0.4) is 0 Å². The Morgan fingerprint density at radius 1 is 1.47 bits per heavy atom. The molecule has 90 valence electrons. The number of cyclic esters (lactones) is 1. The summed E-state index contributed by atoms with van der Waals surface area (Å²) in [6.07, 6.45) is 0. The van der Waals surface area contributed by atoms with Gasteiger partial charge in [0.2, 0.25) is 0 Å². The van der Waals surface area contributed by atoms with E-state index in [-0.39, 0.29) is 18.6 Å². The predicted molar refractivity (Wildman–Crippen MR) is 64.4 cm³/mol. The van der Waals surface area contributed by atoms with Crippen molar-refractivity contribution in [2.24, 2.45) is 0 Å². The average Bonchev–Trinajstić information content (AvgIpc) is 2.61. The van der Waals surface area contributed by atoms with E-state index in [9.17, 15) is 9.59 Å². The van der Waals surface area contributed by atoms with Crippen LogP contribution in [0.15, 0.2) is 18.2 Å². The molecule has 1 aliphatic heterocycles. The van der Waals surface area contributed by atoms with Crippen molar-refractivity contribution in [1.29, 1.82) is 0 Å². The first kappa shape index (κ1) is 11.9. The molecule has 0 spiro atoms. The molecule has 1 amide bonds. The van der Waals surface area contributed by atoms with Crippen LogP contribution in [0.1, 0.15) is 29.8 Å². The Balaban J connectivity index is 2.53. The highest BCUT2D eigenvalue weighted by molar-refractivity contribution is 6.66. The average molecular weight is 254 g/mol. The third kappa shape index (κ3) is 2.00. The highest BCUT2D eigenvalue weighted by Gasteiger charge is 2.28. The highest BCUT2D eigenvalue weighted by Crippen LogP contribution is 2.31. The lowest BCUT2D eigenvalue weighted by atomic mass is 10.1. The lowest BCUT2D eigenvalue weighted by Gasteiger charge is -2.25. The Morgan fingerprint density at radius 3 is 2.76 bits per heavy atom. The van der Waals surface area contributed by atoms with Gasteiger partial charge in [0.15, 0.2) is 0 Å². The summed E-state index contributed by atoms with van der Waals surface area (Å²) in [7, 11) is 0. The van der Waals surface area contributed by atoms with Gasteiger partial charge in [-0.3, -0.25) is 9.69 Å². The molecular weight excluding hydrogens is 242 g/mol. The van der Waals surface area contributed by atoms with Crippen molar-refractivity contribution in [3.05, 3.63) is 29.3 Å². The molecule has 0 saturated carbocycles. The second-order valence-electron chi connectivity index (χ2n) is 4.10. The van der Waals surface area contributed by atoms with Crippen molar-refractivity contribution in [2.75, 3.05) is 4.90 Å². The van der Waals surface area contributed by atoms with Gasteiger partial charge in [0.1, 0.15) is 6.61 Å². The van der Waals surface area contributed by atoms with Gasteiger partial charge in [0, 0.05) is 11.6 Å². The van der Waals surface area contributed by atoms with Crippen LogP contribution < -0.4 is 4.90 Å². The predicted octanol–water partition coefficient (Wildman–Crippen LogP) is 2.93. The van der Waals surface area contributed by atoms with E-state index >= 15 is 0 Å². The summed E-state index contributed by atoms with van der Waals surface area (Å²) in [5.74, 6) is -0.354. The Bertz CT molecular complexity index is 485. The fourth-order valence-corrected chi connectivity index (χ4v) is 2.22. The first-order valence-electron chi connectivity index (χ1n) is 5.30. The summed E-state index contributed by atoms with van der Waals surface area (Å²) >= 11 is 5.57. The summed E-state index contributed by atoms with van der Waals surface area (Å²) < 4.78 is 4.95. The van der Waals surface area contributed by atoms with Crippen molar-refractivity contribution in [3.8, 4) is 0 Å². The summed E-state index contributed by atoms with van der Waals surface area (Å²) in [5.41, 5.74) is 1.87. The molecule has 1 aromatic rings. The molecule has 0 saturated heterocycles. The zero-order chi connectivity index (χ0) is 12.6. The Kier molecular flexibility index (Phi) is 3.07. The topological polar surface area (TPSA) is 46.6 Å². The quantitative estimate of drug-likeness (QED) is 0.463. The summed E-state index contributed by atoms with van der Waals surface area (Å²) in [6, 6.07) is 5.09. The van der Waals surface area contributed by atoms with Crippen molar-refractivity contribution >= 4 is 28.6 Å². The lowest BCUT2D eigenvalue weighted by Crippen LogP contribution is -2.33. The minimum Gasteiger partial charge on any atom is -0.457 e. The zero-order valence-electron chi connectivity index (χ0n) is 9.57. The molecule has 0 bridgehead atoms. The number of anilines is 1. The van der Waals surface area contributed by atoms with Gasteiger partial charge in [-0.2, -0.15) is 0 Å². The number of esters is 1. The van der Waals surface area contributed by atoms with E-state index in [1.807, 2.05) is 13.8 Å². The molecule has 0 unspecified atom stereocenters. The van der Waals surface area contributed by atoms with Crippen LogP contribution in [-0.2, 0) is 11.3 Å². The second-order valence-corrected chi connectivity index (χ2v) is 4.42. The molecule has 1 aromatic carbocycles. The summed E-state index contributed by atoms with van der Waals surface area (Å²) in [4.78, 5) is 24.3. The molecule has 0 atom stereocenters. The van der Waals surface area contributed by atoms with Crippen LogP contribution in [0.2, 0.25) is 0 Å². The number of ether oxygens (including phenoxy) is 1. The van der Waals surface area contributed by atoms with Crippen LogP contribution in [0.4, 0.5) is 10.5 Å². The van der Waals surface area contributed by atoms with Gasteiger partial charge in [0.25, 0.3) is 0 Å². The minimum absolute atomic E-state index is 0.0813. The van der Waals surface area contributed by atoms with Crippen LogP contribution in [0, 0.1) is 0 Å². The van der Waals surface area contributed by atoms with E-state index in [4.69, 9.17) is 16.3 Å². The molecule has 0 N–H and O–H groups in total. The smallest absolute Gasteiger partial charge is 0.338 e. The van der Waals surface area contributed by atoms with Crippen LogP contribution in [0.5, 0.6) is 0 Å². The largest absolute Gasteiger partial charge is 0.457 e. The van der Waals surface area contributed by atoms with Gasteiger partial charge < -0.3 is 4.74 Å². The molecule has 0 fully saturated rings. The maximum absolute atomic E-state index is 11.4. The normalized spacial score (nSPS) is 13.5. The van der Waals surface area contributed by atoms with E-state index in [1.165, 1.54) is 4.90 Å². The number of carbonyl (C=O) groups is 2. The number of hydrogen-bond acceptors (Lipinski definition) is 3. The number of rotatable bonds is 2. The van der Waals surface area contributed by atoms with Gasteiger partial charge in [-0.05, 0) is 37.6 Å². The second kappa shape index (κ2) is 4.37. The van der Waals surface area contributed by atoms with Crippen LogP contribution in [-0.4, -0.2) is 17.4 Å². The van der Waals surface area contributed by atoms with Crippen LogP contribution >= 0.6 is 11.6 Å². The molecule has 0 aliphatic carbocycles. The van der Waals surface area contributed by atoms with Gasteiger partial charge >= 0.3 is 11.3 Å². The Hall–Kier alpha value is -1.55. The van der Waals surface area contributed by atoms with Crippen LogP contribution in [0.25, 0.3) is 0 Å². The number of nitrogens with zero attached hydrogens (tertiary/aromatic N) is 1. The van der Waals surface area contributed by atoms with Crippen molar-refractivity contribution < 1.29 is 14.3 Å². The molecular formula is C12H12ClNO3.